The lowest BCUT2D eigenvalue weighted by Gasteiger charge is -2.11. The quantitative estimate of drug-likeness (QED) is 0.545. The van der Waals surface area contributed by atoms with Crippen LogP contribution in [0.5, 0.6) is 0 Å². The molecular weight excluding hydrogens is 386 g/mol. The zero-order valence-electron chi connectivity index (χ0n) is 16.5. The second kappa shape index (κ2) is 9.10. The van der Waals surface area contributed by atoms with Gasteiger partial charge in [-0.1, -0.05) is 18.2 Å². The van der Waals surface area contributed by atoms with Crippen LogP contribution in [-0.2, 0) is 7.05 Å². The number of hydrogen-bond donors (Lipinski definition) is 3. The molecule has 9 nitrogen and oxygen atoms in total. The fourth-order valence-electron chi connectivity index (χ4n) is 2.60. The number of carboxylic acids is 1. The number of aryl methyl sites for hydroxylation is 1. The van der Waals surface area contributed by atoms with Gasteiger partial charge >= 0.3 is 5.97 Å². The molecule has 0 aliphatic rings. The van der Waals surface area contributed by atoms with Crippen molar-refractivity contribution in [3.63, 3.8) is 0 Å². The van der Waals surface area contributed by atoms with Crippen molar-refractivity contribution < 1.29 is 19.8 Å². The summed E-state index contributed by atoms with van der Waals surface area (Å²) < 4.78 is 1.61. The molecule has 0 saturated heterocycles. The fourth-order valence-corrected chi connectivity index (χ4v) is 2.60. The molecule has 0 bridgehead atoms. The smallest absolute Gasteiger partial charge is 0.335 e. The Hall–Kier alpha value is -3.85. The summed E-state index contributed by atoms with van der Waals surface area (Å²) >= 11 is 0. The van der Waals surface area contributed by atoms with E-state index in [4.69, 9.17) is 5.11 Å². The standard InChI is InChI=1S/C21H21N5O4/c1-13(12-27)23-20(28)18-9-17(24-19(25-18)16-10-22-26(2)11-16)8-5-14-3-6-15(7-4-14)21(29)30/h3-11,13,27H,12H2,1-2H3,(H,23,28)(H,29,30)/b8-5+/t13-/m0/s1. The van der Waals surface area contributed by atoms with Gasteiger partial charge in [0, 0.05) is 19.3 Å². The number of aliphatic hydroxyl groups excluding tert-OH is 1. The van der Waals surface area contributed by atoms with Crippen molar-refractivity contribution in [3.05, 3.63) is 65.2 Å². The average Bonchev–Trinajstić information content (AvgIpc) is 3.18. The Balaban J connectivity index is 1.94. The Bertz CT molecular complexity index is 1090. The first-order chi connectivity index (χ1) is 14.4. The molecule has 0 fully saturated rings. The van der Waals surface area contributed by atoms with E-state index < -0.39 is 17.9 Å². The van der Waals surface area contributed by atoms with Gasteiger partial charge in [-0.25, -0.2) is 14.8 Å². The van der Waals surface area contributed by atoms with Crippen LogP contribution in [0.2, 0.25) is 0 Å². The van der Waals surface area contributed by atoms with E-state index in [0.717, 1.165) is 5.56 Å². The topological polar surface area (TPSA) is 130 Å². The van der Waals surface area contributed by atoms with Crippen LogP contribution in [0.3, 0.4) is 0 Å². The monoisotopic (exact) mass is 407 g/mol. The average molecular weight is 407 g/mol. The predicted molar refractivity (Wildman–Crippen MR) is 111 cm³/mol. The Morgan fingerprint density at radius 3 is 2.53 bits per heavy atom. The van der Waals surface area contributed by atoms with Crippen molar-refractivity contribution in [1.29, 1.82) is 0 Å². The van der Waals surface area contributed by atoms with Gasteiger partial charge in [0.15, 0.2) is 5.82 Å². The van der Waals surface area contributed by atoms with Gasteiger partial charge in [-0.15, -0.1) is 0 Å². The summed E-state index contributed by atoms with van der Waals surface area (Å²) in [6.07, 6.45) is 6.82. The molecule has 0 aliphatic carbocycles. The van der Waals surface area contributed by atoms with Gasteiger partial charge in [-0.2, -0.15) is 5.10 Å². The Kier molecular flexibility index (Phi) is 6.33. The molecule has 1 amide bonds. The Morgan fingerprint density at radius 2 is 1.93 bits per heavy atom. The largest absolute Gasteiger partial charge is 0.478 e. The molecule has 154 valence electrons. The van der Waals surface area contributed by atoms with Crippen LogP contribution in [0.4, 0.5) is 0 Å². The molecule has 3 rings (SSSR count). The van der Waals surface area contributed by atoms with Crippen LogP contribution < -0.4 is 5.32 Å². The first-order valence-corrected chi connectivity index (χ1v) is 9.17. The maximum absolute atomic E-state index is 12.5. The van der Waals surface area contributed by atoms with Gasteiger partial charge in [0.05, 0.1) is 29.6 Å². The van der Waals surface area contributed by atoms with Crippen LogP contribution in [0, 0.1) is 0 Å². The maximum Gasteiger partial charge on any atom is 0.335 e. The minimum Gasteiger partial charge on any atom is -0.478 e. The summed E-state index contributed by atoms with van der Waals surface area (Å²) in [5, 5.41) is 24.9. The van der Waals surface area contributed by atoms with Gasteiger partial charge < -0.3 is 15.5 Å². The minimum atomic E-state index is -0.991. The normalized spacial score (nSPS) is 12.1. The molecule has 0 aliphatic heterocycles. The highest BCUT2D eigenvalue weighted by Gasteiger charge is 2.15. The van der Waals surface area contributed by atoms with Crippen LogP contribution in [0.25, 0.3) is 23.5 Å². The highest BCUT2D eigenvalue weighted by atomic mass is 16.4. The number of nitrogens with one attached hydrogen (secondary N) is 1. The number of aromatic nitrogens is 4. The number of hydrogen-bond acceptors (Lipinski definition) is 6. The van der Waals surface area contributed by atoms with Crippen LogP contribution in [-0.4, -0.2) is 54.5 Å². The Labute approximate surface area is 172 Å². The van der Waals surface area contributed by atoms with Crippen molar-refractivity contribution in [3.8, 4) is 11.4 Å². The molecule has 30 heavy (non-hydrogen) atoms. The first-order valence-electron chi connectivity index (χ1n) is 9.17. The third kappa shape index (κ3) is 5.15. The number of benzene rings is 1. The molecule has 0 spiro atoms. The summed E-state index contributed by atoms with van der Waals surface area (Å²) in [7, 11) is 1.77. The maximum atomic E-state index is 12.5. The lowest BCUT2D eigenvalue weighted by molar-refractivity contribution is 0.0696. The number of carbonyl (C=O) groups is 2. The van der Waals surface area contributed by atoms with Gasteiger partial charge in [0.2, 0.25) is 0 Å². The van der Waals surface area contributed by atoms with Crippen LogP contribution in [0.15, 0.2) is 42.7 Å². The number of aliphatic hydroxyl groups is 1. The van der Waals surface area contributed by atoms with Gasteiger partial charge in [-0.05, 0) is 36.8 Å². The molecule has 0 unspecified atom stereocenters. The van der Waals surface area contributed by atoms with Crippen molar-refractivity contribution in [2.24, 2.45) is 7.05 Å². The van der Waals surface area contributed by atoms with Crippen LogP contribution in [0.1, 0.15) is 39.0 Å². The minimum absolute atomic E-state index is 0.157. The zero-order chi connectivity index (χ0) is 21.7. The number of rotatable bonds is 7. The summed E-state index contributed by atoms with van der Waals surface area (Å²) in [5.41, 5.74) is 2.28. The van der Waals surface area contributed by atoms with E-state index in [1.807, 2.05) is 0 Å². The third-order valence-corrected chi connectivity index (χ3v) is 4.20. The van der Waals surface area contributed by atoms with E-state index in [1.165, 1.54) is 12.1 Å². The third-order valence-electron chi connectivity index (χ3n) is 4.20. The van der Waals surface area contributed by atoms with E-state index in [-0.39, 0.29) is 17.9 Å². The van der Waals surface area contributed by atoms with E-state index >= 15 is 0 Å². The molecule has 3 aromatic rings. The molecule has 2 heterocycles. The number of aromatic carboxylic acids is 1. The Morgan fingerprint density at radius 1 is 1.20 bits per heavy atom. The number of carboxylic acid groups (broad SMARTS) is 1. The van der Waals surface area contributed by atoms with Crippen molar-refractivity contribution >= 4 is 24.0 Å². The predicted octanol–water partition coefficient (Wildman–Crippen LogP) is 1.86. The van der Waals surface area contributed by atoms with E-state index in [2.05, 4.69) is 20.4 Å². The summed E-state index contributed by atoms with van der Waals surface area (Å²) in [6, 6.07) is 7.51. The van der Waals surface area contributed by atoms with Crippen LogP contribution >= 0.6 is 0 Å². The molecule has 3 N–H and O–H groups in total. The van der Waals surface area contributed by atoms with Crippen molar-refractivity contribution in [1.82, 2.24) is 25.1 Å². The molecule has 0 saturated carbocycles. The molecule has 1 aromatic carbocycles. The second-order valence-electron chi connectivity index (χ2n) is 6.72. The van der Waals surface area contributed by atoms with Gasteiger partial charge in [0.25, 0.3) is 5.91 Å². The number of amides is 1. The van der Waals surface area contributed by atoms with E-state index in [0.29, 0.717) is 17.1 Å². The fraction of sp³-hybridized carbons (Fsp3) is 0.190. The molecule has 2 aromatic heterocycles. The molecule has 9 heteroatoms. The summed E-state index contributed by atoms with van der Waals surface area (Å²) in [6.45, 7) is 1.49. The summed E-state index contributed by atoms with van der Waals surface area (Å²) in [5.74, 6) is -1.08. The zero-order valence-corrected chi connectivity index (χ0v) is 16.5. The second-order valence-corrected chi connectivity index (χ2v) is 6.72. The number of nitrogens with zero attached hydrogens (tertiary/aromatic N) is 4. The van der Waals surface area contributed by atoms with E-state index in [1.54, 1.807) is 61.4 Å². The van der Waals surface area contributed by atoms with Crippen molar-refractivity contribution in [2.45, 2.75) is 13.0 Å². The highest BCUT2D eigenvalue weighted by Crippen LogP contribution is 2.17. The van der Waals surface area contributed by atoms with Gasteiger partial charge in [0.1, 0.15) is 5.69 Å². The first kappa shape index (κ1) is 20.9. The van der Waals surface area contributed by atoms with Gasteiger partial charge in [-0.3, -0.25) is 9.48 Å². The van der Waals surface area contributed by atoms with Crippen molar-refractivity contribution in [2.75, 3.05) is 6.61 Å². The number of carbonyl (C=O) groups excluding carboxylic acids is 1. The lowest BCUT2D eigenvalue weighted by Crippen LogP contribution is -2.35. The summed E-state index contributed by atoms with van der Waals surface area (Å²) in [4.78, 5) is 32.3. The highest BCUT2D eigenvalue weighted by molar-refractivity contribution is 5.93. The lowest BCUT2D eigenvalue weighted by atomic mass is 10.1. The molecular formula is C21H21N5O4. The molecule has 1 atom stereocenters. The SMILES string of the molecule is C[C@@H](CO)NC(=O)c1cc(/C=C/c2ccc(C(=O)O)cc2)nc(-c2cnn(C)c2)n1. The molecule has 0 radical (unpaired) electrons. The van der Waals surface area contributed by atoms with E-state index in [9.17, 15) is 14.7 Å².